The number of fused-ring (bicyclic) bond motifs is 5. The molecule has 162 valence electrons. The van der Waals surface area contributed by atoms with Crippen molar-refractivity contribution < 1.29 is 14.1 Å². The van der Waals surface area contributed by atoms with Crippen LogP contribution in [0.4, 0.5) is 0 Å². The zero-order chi connectivity index (χ0) is 21.3. The second kappa shape index (κ2) is 8.57. The van der Waals surface area contributed by atoms with Gasteiger partial charge in [-0.25, -0.2) is 0 Å². The molecule has 3 aliphatic rings. The topological polar surface area (TPSA) is 113 Å². The van der Waals surface area contributed by atoms with Crippen LogP contribution in [-0.4, -0.2) is 59.5 Å². The van der Waals surface area contributed by atoms with Gasteiger partial charge < -0.3 is 15.2 Å². The van der Waals surface area contributed by atoms with E-state index in [4.69, 9.17) is 4.52 Å². The molecule has 2 N–H and O–H groups in total. The molecule has 1 saturated carbocycles. The Bertz CT molecular complexity index is 831. The minimum atomic E-state index is -0.115. The van der Waals surface area contributed by atoms with E-state index in [0.29, 0.717) is 50.2 Å². The third kappa shape index (κ3) is 3.85. The fourth-order valence-corrected chi connectivity index (χ4v) is 4.74. The number of aromatic nitrogens is 2. The molecule has 0 spiro atoms. The molecule has 2 bridgehead atoms. The van der Waals surface area contributed by atoms with Crippen molar-refractivity contribution in [1.82, 2.24) is 25.7 Å². The number of rotatable bonds is 8. The van der Waals surface area contributed by atoms with Crippen LogP contribution in [0.1, 0.15) is 44.3 Å². The number of carbonyl (C=O) groups is 2. The zero-order valence-electron chi connectivity index (χ0n) is 17.8. The number of likely N-dealkylation sites (tertiary alicyclic amines) is 1. The average molecular weight is 415 g/mol. The highest BCUT2D eigenvalue weighted by molar-refractivity contribution is 6.06. The average Bonchev–Trinajstić information content (AvgIpc) is 3.50. The molecule has 9 heteroatoms. The van der Waals surface area contributed by atoms with Crippen LogP contribution in [0.5, 0.6) is 0 Å². The van der Waals surface area contributed by atoms with E-state index in [-0.39, 0.29) is 41.4 Å². The maximum absolute atomic E-state index is 12.7. The molecule has 9 nitrogen and oxygen atoms in total. The molecule has 0 aromatic carbocycles. The summed E-state index contributed by atoms with van der Waals surface area (Å²) >= 11 is 0. The Kier molecular flexibility index (Phi) is 5.87. The highest BCUT2D eigenvalue weighted by Gasteiger charge is 2.58. The number of nitrogens with one attached hydrogen (secondary N) is 2. The van der Waals surface area contributed by atoms with Crippen LogP contribution >= 0.6 is 0 Å². The predicted octanol–water partition coefficient (Wildman–Crippen LogP) is 1.10. The maximum atomic E-state index is 12.7. The van der Waals surface area contributed by atoms with Crippen molar-refractivity contribution in [1.29, 1.82) is 0 Å². The highest BCUT2D eigenvalue weighted by Crippen LogP contribution is 2.52. The Labute approximate surface area is 176 Å². The molecule has 2 aliphatic carbocycles. The van der Waals surface area contributed by atoms with Crippen LogP contribution < -0.4 is 10.6 Å². The highest BCUT2D eigenvalue weighted by atomic mass is 16.5. The van der Waals surface area contributed by atoms with Gasteiger partial charge in [-0.1, -0.05) is 31.2 Å². The van der Waals surface area contributed by atoms with E-state index >= 15 is 0 Å². The summed E-state index contributed by atoms with van der Waals surface area (Å²) < 4.78 is 5.23. The normalized spacial score (nSPS) is 27.5. The van der Waals surface area contributed by atoms with E-state index in [1.807, 2.05) is 13.8 Å². The lowest BCUT2D eigenvalue weighted by Crippen LogP contribution is -2.40. The predicted molar refractivity (Wildman–Crippen MR) is 111 cm³/mol. The lowest BCUT2D eigenvalue weighted by Gasteiger charge is -2.17. The van der Waals surface area contributed by atoms with Gasteiger partial charge in [0.2, 0.25) is 17.7 Å². The molecule has 1 aromatic rings. The van der Waals surface area contributed by atoms with Crippen molar-refractivity contribution in [3.63, 3.8) is 0 Å². The number of nitrogens with zero attached hydrogens (tertiary/aromatic N) is 4. The summed E-state index contributed by atoms with van der Waals surface area (Å²) in [6.07, 6.45) is 6.50. The first-order valence-corrected chi connectivity index (χ1v) is 10.8. The number of hydrogen-bond donors (Lipinski definition) is 2. The van der Waals surface area contributed by atoms with Crippen LogP contribution in [0.2, 0.25) is 0 Å². The molecule has 30 heavy (non-hydrogen) atoms. The smallest absolute Gasteiger partial charge is 0.233 e. The number of aliphatic imine (C=N–C) groups is 1. The molecule has 1 aliphatic heterocycles. The first kappa shape index (κ1) is 20.6. The van der Waals surface area contributed by atoms with Crippen LogP contribution in [0.3, 0.4) is 0 Å². The summed E-state index contributed by atoms with van der Waals surface area (Å²) in [4.78, 5) is 35.4. The van der Waals surface area contributed by atoms with Crippen molar-refractivity contribution in [3.8, 4) is 0 Å². The summed E-state index contributed by atoms with van der Waals surface area (Å²) in [6.45, 7) is 5.73. The Hall–Kier alpha value is -2.71. The molecule has 2 amide bonds. The van der Waals surface area contributed by atoms with Crippen molar-refractivity contribution in [3.05, 3.63) is 23.9 Å². The van der Waals surface area contributed by atoms with Gasteiger partial charge >= 0.3 is 0 Å². The number of allylic oxidation sites excluding steroid dienone is 2. The van der Waals surface area contributed by atoms with Gasteiger partial charge in [0.05, 0.1) is 11.8 Å². The Balaban J connectivity index is 1.17. The Morgan fingerprint density at radius 1 is 1.20 bits per heavy atom. The molecular weight excluding hydrogens is 384 g/mol. The molecule has 4 rings (SSSR count). The van der Waals surface area contributed by atoms with E-state index < -0.39 is 0 Å². The van der Waals surface area contributed by atoms with Gasteiger partial charge in [-0.15, -0.1) is 0 Å². The number of carbonyl (C=O) groups excluding carboxylic acids is 2. The Morgan fingerprint density at radius 3 is 2.47 bits per heavy atom. The summed E-state index contributed by atoms with van der Waals surface area (Å²) in [5, 5.41) is 10.4. The zero-order valence-corrected chi connectivity index (χ0v) is 17.8. The third-order valence-corrected chi connectivity index (χ3v) is 6.27. The third-order valence-electron chi connectivity index (χ3n) is 6.27. The van der Waals surface area contributed by atoms with Gasteiger partial charge in [-0.2, -0.15) is 4.98 Å². The standard InChI is InChI=1S/C21H30N6O3/c1-12(2)18-25-15(30-26-18)7-9-24-21(22-3)23-8-4-10-27-19(28)16-13-5-6-14(11-13)17(16)20(27)29/h5-6,12-14,16-17H,4,7-11H2,1-3H3,(H2,22,23,24). The molecule has 1 aromatic heterocycles. The molecule has 1 saturated heterocycles. The fraction of sp³-hybridized carbons (Fsp3) is 0.667. The van der Waals surface area contributed by atoms with Crippen molar-refractivity contribution in [2.24, 2.45) is 28.7 Å². The van der Waals surface area contributed by atoms with Crippen LogP contribution in [0.25, 0.3) is 0 Å². The molecule has 2 fully saturated rings. The summed E-state index contributed by atoms with van der Waals surface area (Å²) in [6, 6.07) is 0. The molecule has 4 atom stereocenters. The quantitative estimate of drug-likeness (QED) is 0.215. The largest absolute Gasteiger partial charge is 0.356 e. The van der Waals surface area contributed by atoms with Crippen molar-refractivity contribution in [2.75, 3.05) is 26.7 Å². The van der Waals surface area contributed by atoms with Gasteiger partial charge in [0.1, 0.15) is 0 Å². The van der Waals surface area contributed by atoms with Gasteiger partial charge in [0.25, 0.3) is 0 Å². The lowest BCUT2D eigenvalue weighted by molar-refractivity contribution is -0.140. The second-order valence-electron chi connectivity index (χ2n) is 8.56. The maximum Gasteiger partial charge on any atom is 0.233 e. The van der Waals surface area contributed by atoms with Gasteiger partial charge in [0, 0.05) is 39.0 Å². The van der Waals surface area contributed by atoms with E-state index in [1.165, 1.54) is 4.90 Å². The molecule has 4 unspecified atom stereocenters. The van der Waals surface area contributed by atoms with Crippen molar-refractivity contribution in [2.45, 2.75) is 39.0 Å². The van der Waals surface area contributed by atoms with Gasteiger partial charge in [0.15, 0.2) is 11.8 Å². The number of imide groups is 1. The van der Waals surface area contributed by atoms with E-state index in [1.54, 1.807) is 7.05 Å². The van der Waals surface area contributed by atoms with Gasteiger partial charge in [-0.3, -0.25) is 19.5 Å². The first-order chi connectivity index (χ1) is 14.5. The lowest BCUT2D eigenvalue weighted by atomic mass is 9.85. The summed E-state index contributed by atoms with van der Waals surface area (Å²) in [7, 11) is 1.70. The number of amides is 2. The number of hydrogen-bond acceptors (Lipinski definition) is 6. The monoisotopic (exact) mass is 414 g/mol. The summed E-state index contributed by atoms with van der Waals surface area (Å²) in [5.41, 5.74) is 0. The fourth-order valence-electron chi connectivity index (χ4n) is 4.74. The minimum Gasteiger partial charge on any atom is -0.356 e. The van der Waals surface area contributed by atoms with E-state index in [0.717, 1.165) is 6.42 Å². The minimum absolute atomic E-state index is 0.0182. The Morgan fingerprint density at radius 2 is 1.87 bits per heavy atom. The van der Waals surface area contributed by atoms with E-state index in [9.17, 15) is 9.59 Å². The van der Waals surface area contributed by atoms with Crippen LogP contribution in [0, 0.1) is 23.7 Å². The molecule has 0 radical (unpaired) electrons. The first-order valence-electron chi connectivity index (χ1n) is 10.8. The van der Waals surface area contributed by atoms with Crippen LogP contribution in [0.15, 0.2) is 21.7 Å². The number of guanidine groups is 1. The van der Waals surface area contributed by atoms with E-state index in [2.05, 4.69) is 37.9 Å². The second-order valence-corrected chi connectivity index (χ2v) is 8.56. The van der Waals surface area contributed by atoms with Crippen molar-refractivity contribution >= 4 is 17.8 Å². The molecule has 2 heterocycles. The van der Waals surface area contributed by atoms with Gasteiger partial charge in [-0.05, 0) is 24.7 Å². The summed E-state index contributed by atoms with van der Waals surface area (Å²) in [5.74, 6) is 2.55. The SMILES string of the molecule is CN=C(NCCCN1C(=O)C2C3C=CC(C3)C2C1=O)NCCc1nc(C(C)C)no1. The molecular formula is C21H30N6O3. The van der Waals surface area contributed by atoms with Crippen LogP contribution in [-0.2, 0) is 16.0 Å².